The lowest BCUT2D eigenvalue weighted by atomic mass is 9.77. The number of piperidine rings is 1. The van der Waals surface area contributed by atoms with Crippen molar-refractivity contribution in [1.29, 1.82) is 0 Å². The summed E-state index contributed by atoms with van der Waals surface area (Å²) in [6, 6.07) is -1.43. The quantitative estimate of drug-likeness (QED) is 0.218. The van der Waals surface area contributed by atoms with Crippen molar-refractivity contribution < 1.29 is 43.1 Å². The van der Waals surface area contributed by atoms with Crippen LogP contribution in [-0.2, 0) is 28.4 Å². The topological polar surface area (TPSA) is 153 Å². The van der Waals surface area contributed by atoms with Gasteiger partial charge in [-0.15, -0.1) is 0 Å². The molecule has 2 heterocycles. The summed E-state index contributed by atoms with van der Waals surface area (Å²) in [5.74, 6) is -1.62. The Bertz CT molecular complexity index is 952. The van der Waals surface area contributed by atoms with Crippen LogP contribution in [0.25, 0.3) is 0 Å². The summed E-state index contributed by atoms with van der Waals surface area (Å²) in [4.78, 5) is 52.4. The van der Waals surface area contributed by atoms with Crippen LogP contribution in [0.3, 0.4) is 0 Å². The summed E-state index contributed by atoms with van der Waals surface area (Å²) in [5.41, 5.74) is -3.20. The molecule has 42 heavy (non-hydrogen) atoms. The Labute approximate surface area is 251 Å². The van der Waals surface area contributed by atoms with Crippen LogP contribution in [0.5, 0.6) is 0 Å². The fraction of sp³-hybridized carbons (Fsp3) is 0.862. The molecule has 0 aliphatic carbocycles. The van der Waals surface area contributed by atoms with Crippen LogP contribution < -0.4 is 10.6 Å². The summed E-state index contributed by atoms with van der Waals surface area (Å²) in [5, 5.41) is 15.9. The van der Waals surface area contributed by atoms with Crippen molar-refractivity contribution in [1.82, 2.24) is 15.5 Å². The molecule has 3 atom stereocenters. The number of alkyl carbamates (subject to hydrolysis) is 1. The second-order valence-corrected chi connectivity index (χ2v) is 13.5. The van der Waals surface area contributed by atoms with Crippen molar-refractivity contribution in [3.8, 4) is 0 Å². The number of likely N-dealkylation sites (tertiary alicyclic amines) is 1. The zero-order valence-corrected chi connectivity index (χ0v) is 27.0. The molecule has 0 bridgehead atoms. The summed E-state index contributed by atoms with van der Waals surface area (Å²) in [7, 11) is -0.400. The number of hydrogen-bond acceptors (Lipinski definition) is 8. The Balaban J connectivity index is 2.12. The molecule has 13 heteroatoms. The third kappa shape index (κ3) is 9.49. The number of ether oxygens (including phenoxy) is 2. The first-order chi connectivity index (χ1) is 19.3. The van der Waals surface area contributed by atoms with Crippen molar-refractivity contribution in [2.75, 3.05) is 13.2 Å². The Morgan fingerprint density at radius 1 is 1.07 bits per heavy atom. The molecule has 240 valence electrons. The van der Waals surface area contributed by atoms with Gasteiger partial charge in [0.05, 0.1) is 17.8 Å². The van der Waals surface area contributed by atoms with E-state index in [-0.39, 0.29) is 26.0 Å². The predicted molar refractivity (Wildman–Crippen MR) is 158 cm³/mol. The monoisotopic (exact) mass is 597 g/mol. The molecule has 12 nitrogen and oxygen atoms in total. The van der Waals surface area contributed by atoms with Crippen LogP contribution in [-0.4, -0.2) is 88.8 Å². The number of carboxylic acid groups (broad SMARTS) is 1. The molecule has 0 radical (unpaired) electrons. The molecule has 3 N–H and O–H groups in total. The summed E-state index contributed by atoms with van der Waals surface area (Å²) >= 11 is 0. The van der Waals surface area contributed by atoms with Gasteiger partial charge in [-0.3, -0.25) is 9.69 Å². The van der Waals surface area contributed by atoms with Crippen molar-refractivity contribution in [3.05, 3.63) is 0 Å². The highest BCUT2D eigenvalue weighted by molar-refractivity contribution is 6.45. The van der Waals surface area contributed by atoms with Crippen LogP contribution in [0.1, 0.15) is 107 Å². The number of nitrogens with zero attached hydrogens (tertiary/aromatic N) is 1. The lowest BCUT2D eigenvalue weighted by Gasteiger charge is -2.46. The van der Waals surface area contributed by atoms with Gasteiger partial charge < -0.3 is 34.5 Å². The van der Waals surface area contributed by atoms with Gasteiger partial charge in [0, 0.05) is 19.0 Å². The van der Waals surface area contributed by atoms with E-state index in [1.165, 1.54) is 11.8 Å². The number of carbonyl (C=O) groups excluding carboxylic acids is 3. The Hall–Kier alpha value is -2.54. The molecule has 2 aliphatic rings. The molecular weight excluding hydrogens is 545 g/mol. The predicted octanol–water partition coefficient (Wildman–Crippen LogP) is 4.50. The van der Waals surface area contributed by atoms with Crippen molar-refractivity contribution in [2.45, 2.75) is 148 Å². The third-order valence-corrected chi connectivity index (χ3v) is 8.20. The Kier molecular flexibility index (Phi) is 12.1. The second kappa shape index (κ2) is 14.3. The highest BCUT2D eigenvalue weighted by Crippen LogP contribution is 2.39. The summed E-state index contributed by atoms with van der Waals surface area (Å²) < 4.78 is 22.8. The first kappa shape index (κ1) is 35.7. The van der Waals surface area contributed by atoms with E-state index in [0.717, 1.165) is 6.42 Å². The lowest BCUT2D eigenvalue weighted by molar-refractivity contribution is -0.155. The van der Waals surface area contributed by atoms with E-state index < -0.39 is 65.6 Å². The van der Waals surface area contributed by atoms with Crippen molar-refractivity contribution in [3.63, 3.8) is 0 Å². The van der Waals surface area contributed by atoms with E-state index in [9.17, 15) is 24.3 Å². The first-order valence-corrected chi connectivity index (χ1v) is 15.2. The standard InChI is InChI=1S/C29H52BN3O9/c1-10-11-18-39-25(38)33-17-14-21(32-22(34)20(2)31-24(37)40-26(3,4)5)19-29(33,23(35)36)15-12-13-16-30-41-27(6,7)28(8,9)42-30/h20-21H,10-19H2,1-9H3,(H,31,37)(H,32,34)(H,35,36)/t20?,21?,29-/m1/s1. The molecule has 0 aromatic rings. The van der Waals surface area contributed by atoms with E-state index in [4.69, 9.17) is 18.8 Å². The van der Waals surface area contributed by atoms with Crippen LogP contribution in [0.15, 0.2) is 0 Å². The smallest absolute Gasteiger partial charge is 0.457 e. The second-order valence-electron chi connectivity index (χ2n) is 13.5. The van der Waals surface area contributed by atoms with Crippen LogP contribution in [0.4, 0.5) is 9.59 Å². The minimum atomic E-state index is -1.57. The molecule has 0 saturated carbocycles. The highest BCUT2D eigenvalue weighted by Gasteiger charge is 2.53. The number of rotatable bonds is 12. The zero-order valence-electron chi connectivity index (χ0n) is 27.0. The van der Waals surface area contributed by atoms with E-state index in [1.54, 1.807) is 20.8 Å². The van der Waals surface area contributed by atoms with Crippen molar-refractivity contribution in [2.24, 2.45) is 0 Å². The van der Waals surface area contributed by atoms with Gasteiger partial charge in [-0.05, 0) is 81.0 Å². The fourth-order valence-electron chi connectivity index (χ4n) is 5.12. The maximum atomic E-state index is 13.1. The number of amides is 3. The molecule has 0 spiro atoms. The first-order valence-electron chi connectivity index (χ1n) is 15.2. The average molecular weight is 598 g/mol. The normalized spacial score (nSPS) is 24.1. The SMILES string of the molecule is CCCCOC(=O)N1CCC(NC(=O)C(C)NC(=O)OC(C)(C)C)C[C@]1(CCCCB1OC(C)(C)C(C)(C)O1)C(=O)O. The summed E-state index contributed by atoms with van der Waals surface area (Å²) in [6.07, 6.45) is 2.33. The van der Waals surface area contributed by atoms with E-state index in [1.807, 2.05) is 34.6 Å². The number of unbranched alkanes of at least 4 members (excludes halogenated alkanes) is 2. The number of hydrogen-bond donors (Lipinski definition) is 3. The maximum Gasteiger partial charge on any atom is 0.457 e. The average Bonchev–Trinajstić information content (AvgIpc) is 3.06. The number of aliphatic carboxylic acids is 1. The van der Waals surface area contributed by atoms with E-state index >= 15 is 0 Å². The van der Waals surface area contributed by atoms with Gasteiger partial charge in [-0.1, -0.05) is 26.2 Å². The molecular formula is C29H52BN3O9. The molecule has 0 aromatic heterocycles. The molecule has 2 rings (SSSR count). The van der Waals surface area contributed by atoms with Gasteiger partial charge in [0.2, 0.25) is 5.91 Å². The van der Waals surface area contributed by atoms with Gasteiger partial charge in [0.15, 0.2) is 0 Å². The van der Waals surface area contributed by atoms with Gasteiger partial charge in [0.1, 0.15) is 17.2 Å². The lowest BCUT2D eigenvalue weighted by Crippen LogP contribution is -2.64. The molecule has 3 amide bonds. The van der Waals surface area contributed by atoms with Crippen LogP contribution in [0.2, 0.25) is 6.32 Å². The van der Waals surface area contributed by atoms with Crippen molar-refractivity contribution >= 4 is 31.2 Å². The molecule has 2 unspecified atom stereocenters. The van der Waals surface area contributed by atoms with Gasteiger partial charge in [0.25, 0.3) is 0 Å². The van der Waals surface area contributed by atoms with Gasteiger partial charge >= 0.3 is 25.3 Å². The third-order valence-electron chi connectivity index (χ3n) is 8.20. The molecule has 2 fully saturated rings. The zero-order chi connectivity index (χ0) is 31.9. The van der Waals surface area contributed by atoms with Crippen LogP contribution >= 0.6 is 0 Å². The van der Waals surface area contributed by atoms with E-state index in [2.05, 4.69) is 10.6 Å². The van der Waals surface area contributed by atoms with Gasteiger partial charge in [-0.2, -0.15) is 0 Å². The van der Waals surface area contributed by atoms with Crippen LogP contribution in [0, 0.1) is 0 Å². The summed E-state index contributed by atoms with van der Waals surface area (Å²) in [6.45, 7) is 16.9. The fourth-order valence-corrected chi connectivity index (χ4v) is 5.12. The molecule has 2 aliphatic heterocycles. The molecule has 0 aromatic carbocycles. The number of carboxylic acids is 1. The molecule has 2 saturated heterocycles. The Morgan fingerprint density at radius 3 is 2.24 bits per heavy atom. The largest absolute Gasteiger partial charge is 0.479 e. The number of nitrogens with one attached hydrogen (secondary N) is 2. The number of carbonyl (C=O) groups is 4. The maximum absolute atomic E-state index is 13.1. The van der Waals surface area contributed by atoms with Gasteiger partial charge in [-0.25, -0.2) is 14.4 Å². The minimum absolute atomic E-state index is 0.00655. The van der Waals surface area contributed by atoms with E-state index in [0.29, 0.717) is 32.0 Å². The minimum Gasteiger partial charge on any atom is -0.479 e. The highest BCUT2D eigenvalue weighted by atomic mass is 16.7. The Morgan fingerprint density at radius 2 is 1.69 bits per heavy atom.